The predicted octanol–water partition coefficient (Wildman–Crippen LogP) is 3.13. The number of amides is 1. The lowest BCUT2D eigenvalue weighted by Gasteiger charge is -2.08. The lowest BCUT2D eigenvalue weighted by molar-refractivity contribution is -0.123. The van der Waals surface area contributed by atoms with Gasteiger partial charge in [0, 0.05) is 5.69 Å². The third-order valence-corrected chi connectivity index (χ3v) is 4.43. The van der Waals surface area contributed by atoms with E-state index >= 15 is 0 Å². The molecule has 3 rings (SSSR count). The van der Waals surface area contributed by atoms with Crippen LogP contribution in [0.5, 0.6) is 5.75 Å². The third-order valence-electron chi connectivity index (χ3n) is 4.43. The van der Waals surface area contributed by atoms with Gasteiger partial charge in [-0.15, -0.1) is 0 Å². The van der Waals surface area contributed by atoms with Gasteiger partial charge in [0.2, 0.25) is 0 Å². The van der Waals surface area contributed by atoms with E-state index in [9.17, 15) is 9.59 Å². The van der Waals surface area contributed by atoms with Crippen LogP contribution in [0.15, 0.2) is 64.5 Å². The van der Waals surface area contributed by atoms with E-state index in [0.29, 0.717) is 22.9 Å². The van der Waals surface area contributed by atoms with Crippen LogP contribution in [-0.4, -0.2) is 28.5 Å². The summed E-state index contributed by atoms with van der Waals surface area (Å²) in [5.74, 6) is 0.636. The molecule has 0 bridgehead atoms. The Morgan fingerprint density at radius 3 is 2.52 bits per heavy atom. The Labute approximate surface area is 169 Å². The molecule has 0 unspecified atom stereocenters. The second-order valence-corrected chi connectivity index (χ2v) is 6.93. The molecule has 0 atom stereocenters. The van der Waals surface area contributed by atoms with Crippen LogP contribution < -0.4 is 15.7 Å². The number of benzene rings is 2. The van der Waals surface area contributed by atoms with E-state index in [1.54, 1.807) is 6.92 Å². The van der Waals surface area contributed by atoms with Crippen molar-refractivity contribution in [2.75, 3.05) is 6.61 Å². The van der Waals surface area contributed by atoms with E-state index in [2.05, 4.69) is 29.5 Å². The van der Waals surface area contributed by atoms with Gasteiger partial charge in [0.05, 0.1) is 17.5 Å². The van der Waals surface area contributed by atoms with Crippen molar-refractivity contribution in [3.8, 4) is 11.4 Å². The number of carbonyl (C=O) groups excluding carboxylic acids is 1. The molecule has 1 amide bonds. The van der Waals surface area contributed by atoms with Crippen molar-refractivity contribution in [2.45, 2.75) is 26.7 Å². The van der Waals surface area contributed by atoms with Gasteiger partial charge in [0.15, 0.2) is 6.61 Å². The number of ether oxygens (including phenoxy) is 1. The van der Waals surface area contributed by atoms with E-state index in [1.807, 2.05) is 54.6 Å². The fourth-order valence-corrected chi connectivity index (χ4v) is 2.77. The van der Waals surface area contributed by atoms with Crippen LogP contribution >= 0.6 is 0 Å². The summed E-state index contributed by atoms with van der Waals surface area (Å²) < 4.78 is 6.89. The molecule has 1 aromatic heterocycles. The van der Waals surface area contributed by atoms with Gasteiger partial charge in [-0.05, 0) is 42.7 Å². The molecule has 2 N–H and O–H groups in total. The molecule has 0 spiro atoms. The molecule has 7 heteroatoms. The number of rotatable bonds is 7. The molecule has 0 saturated heterocycles. The van der Waals surface area contributed by atoms with Crippen LogP contribution in [0.3, 0.4) is 0 Å². The van der Waals surface area contributed by atoms with Crippen molar-refractivity contribution >= 4 is 12.1 Å². The molecule has 3 aromatic rings. The summed E-state index contributed by atoms with van der Waals surface area (Å²) in [4.78, 5) is 24.5. The summed E-state index contributed by atoms with van der Waals surface area (Å²) in [7, 11) is 0. The summed E-state index contributed by atoms with van der Waals surface area (Å²) in [6.07, 6.45) is 1.34. The highest BCUT2D eigenvalue weighted by atomic mass is 16.5. The second kappa shape index (κ2) is 9.05. The maximum absolute atomic E-state index is 12.6. The van der Waals surface area contributed by atoms with Gasteiger partial charge in [-0.1, -0.05) is 44.2 Å². The van der Waals surface area contributed by atoms with Crippen molar-refractivity contribution in [3.63, 3.8) is 0 Å². The molecule has 1 heterocycles. The van der Waals surface area contributed by atoms with Gasteiger partial charge in [0.25, 0.3) is 11.5 Å². The fourth-order valence-electron chi connectivity index (χ4n) is 2.77. The lowest BCUT2D eigenvalue weighted by Crippen LogP contribution is -2.25. The first-order valence-electron chi connectivity index (χ1n) is 9.37. The van der Waals surface area contributed by atoms with Crippen molar-refractivity contribution in [1.29, 1.82) is 0 Å². The zero-order valence-electron chi connectivity index (χ0n) is 16.7. The van der Waals surface area contributed by atoms with Crippen LogP contribution in [0.1, 0.15) is 36.6 Å². The zero-order valence-corrected chi connectivity index (χ0v) is 16.7. The topological polar surface area (TPSA) is 88.5 Å². The number of aromatic nitrogens is 2. The normalized spacial score (nSPS) is 11.2. The molecule has 150 valence electrons. The Balaban J connectivity index is 1.58. The molecule has 0 radical (unpaired) electrons. The van der Waals surface area contributed by atoms with Gasteiger partial charge in [-0.25, -0.2) is 10.1 Å². The summed E-state index contributed by atoms with van der Waals surface area (Å²) in [5, 5.41) is 6.88. The maximum atomic E-state index is 12.6. The highest BCUT2D eigenvalue weighted by Gasteiger charge is 2.10. The SMILES string of the molecule is Cc1[nH]n(-c2ccccc2)c(=O)c1/C=N\NC(=O)COc1ccc(C(C)C)cc1. The number of nitrogens with one attached hydrogen (secondary N) is 2. The number of H-pyrrole nitrogens is 1. The number of aryl methyl sites for hydroxylation is 1. The number of carbonyl (C=O) groups is 1. The number of hydrogen-bond acceptors (Lipinski definition) is 4. The largest absolute Gasteiger partial charge is 0.484 e. The third kappa shape index (κ3) is 5.01. The van der Waals surface area contributed by atoms with Crippen molar-refractivity contribution in [3.05, 3.63) is 81.8 Å². The predicted molar refractivity (Wildman–Crippen MR) is 113 cm³/mol. The molecule has 0 aliphatic rings. The van der Waals surface area contributed by atoms with Crippen LogP contribution in [0.2, 0.25) is 0 Å². The average Bonchev–Trinajstić information content (AvgIpc) is 3.01. The summed E-state index contributed by atoms with van der Waals surface area (Å²) in [6.45, 7) is 5.83. The highest BCUT2D eigenvalue weighted by Crippen LogP contribution is 2.18. The molecular formula is C22H24N4O3. The van der Waals surface area contributed by atoms with Crippen LogP contribution in [-0.2, 0) is 4.79 Å². The molecule has 0 fully saturated rings. The van der Waals surface area contributed by atoms with E-state index in [4.69, 9.17) is 4.74 Å². The Kier molecular flexibility index (Phi) is 6.29. The van der Waals surface area contributed by atoms with Crippen LogP contribution in [0.25, 0.3) is 5.69 Å². The quantitative estimate of drug-likeness (QED) is 0.478. The molecule has 0 saturated carbocycles. The van der Waals surface area contributed by atoms with Gasteiger partial charge >= 0.3 is 0 Å². The van der Waals surface area contributed by atoms with Gasteiger partial charge in [0.1, 0.15) is 5.75 Å². The van der Waals surface area contributed by atoms with E-state index in [0.717, 1.165) is 5.69 Å². The maximum Gasteiger partial charge on any atom is 0.280 e. The van der Waals surface area contributed by atoms with Crippen molar-refractivity contribution < 1.29 is 9.53 Å². The Hall–Kier alpha value is -3.61. The zero-order chi connectivity index (χ0) is 20.8. The Bertz CT molecular complexity index is 1050. The lowest BCUT2D eigenvalue weighted by atomic mass is 10.0. The van der Waals surface area contributed by atoms with E-state index in [-0.39, 0.29) is 12.2 Å². The summed E-state index contributed by atoms with van der Waals surface area (Å²) in [5.41, 5.74) is 5.09. The fraction of sp³-hybridized carbons (Fsp3) is 0.227. The standard InChI is InChI=1S/C22H24N4O3/c1-15(2)17-9-11-19(12-10-17)29-14-21(27)24-23-13-20-16(3)25-26(22(20)28)18-7-5-4-6-8-18/h4-13,15,25H,14H2,1-3H3,(H,24,27)/b23-13-. The first-order valence-corrected chi connectivity index (χ1v) is 9.37. The average molecular weight is 392 g/mol. The molecule has 0 aliphatic heterocycles. The molecule has 7 nitrogen and oxygen atoms in total. The number of para-hydroxylation sites is 1. The minimum absolute atomic E-state index is 0.168. The number of aromatic amines is 1. The first-order chi connectivity index (χ1) is 14.0. The minimum Gasteiger partial charge on any atom is -0.484 e. The van der Waals surface area contributed by atoms with Crippen molar-refractivity contribution in [2.24, 2.45) is 5.10 Å². The van der Waals surface area contributed by atoms with E-state index < -0.39 is 5.91 Å². The monoisotopic (exact) mass is 392 g/mol. The Morgan fingerprint density at radius 2 is 1.86 bits per heavy atom. The van der Waals surface area contributed by atoms with Gasteiger partial charge < -0.3 is 4.74 Å². The molecule has 2 aromatic carbocycles. The summed E-state index contributed by atoms with van der Waals surface area (Å²) >= 11 is 0. The number of nitrogens with zero attached hydrogens (tertiary/aromatic N) is 2. The van der Waals surface area contributed by atoms with Crippen molar-refractivity contribution in [1.82, 2.24) is 15.2 Å². The van der Waals surface area contributed by atoms with Gasteiger partial charge in [-0.2, -0.15) is 5.10 Å². The van der Waals surface area contributed by atoms with Gasteiger partial charge in [-0.3, -0.25) is 14.7 Å². The van der Waals surface area contributed by atoms with Crippen LogP contribution in [0.4, 0.5) is 0 Å². The smallest absolute Gasteiger partial charge is 0.280 e. The second-order valence-electron chi connectivity index (χ2n) is 6.93. The number of hydrazone groups is 1. The minimum atomic E-state index is -0.411. The van der Waals surface area contributed by atoms with E-state index in [1.165, 1.54) is 16.5 Å². The highest BCUT2D eigenvalue weighted by molar-refractivity contribution is 5.83. The molecule has 0 aliphatic carbocycles. The molecule has 29 heavy (non-hydrogen) atoms. The number of hydrogen-bond donors (Lipinski definition) is 2. The molecular weight excluding hydrogens is 368 g/mol. The first kappa shape index (κ1) is 20.1. The Morgan fingerprint density at radius 1 is 1.17 bits per heavy atom. The van der Waals surface area contributed by atoms with Crippen LogP contribution in [0, 0.1) is 6.92 Å². The summed E-state index contributed by atoms with van der Waals surface area (Å²) in [6, 6.07) is 16.8.